The molecule has 4 rings (SSSR count). The molecule has 0 atom stereocenters. The van der Waals surface area contributed by atoms with Crippen molar-refractivity contribution in [3.63, 3.8) is 0 Å². The van der Waals surface area contributed by atoms with Gasteiger partial charge in [-0.2, -0.15) is 5.10 Å². The van der Waals surface area contributed by atoms with Gasteiger partial charge in [-0.1, -0.05) is 11.2 Å². The van der Waals surface area contributed by atoms with Gasteiger partial charge in [-0.15, -0.1) is 0 Å². The number of hydrogen-bond donors (Lipinski definition) is 0. The lowest BCUT2D eigenvalue weighted by Crippen LogP contribution is -2.17. The molecule has 0 aromatic carbocycles. The van der Waals surface area contributed by atoms with Crippen molar-refractivity contribution in [3.8, 4) is 11.4 Å². The molecule has 7 nitrogen and oxygen atoms in total. The van der Waals surface area contributed by atoms with Gasteiger partial charge in [0.1, 0.15) is 12.0 Å². The molecule has 4 heterocycles. The maximum absolute atomic E-state index is 5.43. The summed E-state index contributed by atoms with van der Waals surface area (Å²) < 4.78 is 7.18. The standard InChI is InChI=1S/C17H16N6O/c1-22(10-13-5-7-23-17(8-13)19-12-20-23)11-14-9-16(21-24-14)15-4-2-3-6-18-15/h2-9,12H,10-11H2,1H3. The molecule has 7 heteroatoms. The van der Waals surface area contributed by atoms with Crippen LogP contribution < -0.4 is 0 Å². The van der Waals surface area contributed by atoms with E-state index in [9.17, 15) is 0 Å². The van der Waals surface area contributed by atoms with E-state index in [4.69, 9.17) is 4.52 Å². The van der Waals surface area contributed by atoms with Crippen LogP contribution in [0, 0.1) is 0 Å². The molecule has 0 fully saturated rings. The lowest BCUT2D eigenvalue weighted by Gasteiger charge is -2.14. The third-order valence-corrected chi connectivity index (χ3v) is 3.71. The van der Waals surface area contributed by atoms with Crippen LogP contribution in [-0.4, -0.2) is 36.7 Å². The van der Waals surface area contributed by atoms with E-state index in [1.807, 2.05) is 49.6 Å². The minimum Gasteiger partial charge on any atom is -0.359 e. The van der Waals surface area contributed by atoms with Gasteiger partial charge < -0.3 is 4.52 Å². The molecule has 120 valence electrons. The third kappa shape index (κ3) is 3.02. The van der Waals surface area contributed by atoms with E-state index < -0.39 is 0 Å². The largest absolute Gasteiger partial charge is 0.359 e. The van der Waals surface area contributed by atoms with Gasteiger partial charge in [0.05, 0.1) is 12.2 Å². The molecule has 4 aromatic rings. The molecule has 0 bridgehead atoms. The third-order valence-electron chi connectivity index (χ3n) is 3.71. The van der Waals surface area contributed by atoms with Gasteiger partial charge in [0, 0.05) is 25.0 Å². The highest BCUT2D eigenvalue weighted by molar-refractivity contribution is 5.52. The highest BCUT2D eigenvalue weighted by Gasteiger charge is 2.10. The van der Waals surface area contributed by atoms with Gasteiger partial charge in [0.25, 0.3) is 0 Å². The van der Waals surface area contributed by atoms with Crippen molar-refractivity contribution >= 4 is 5.65 Å². The summed E-state index contributed by atoms with van der Waals surface area (Å²) in [5.74, 6) is 0.807. The quantitative estimate of drug-likeness (QED) is 0.562. The molecule has 0 aliphatic heterocycles. The van der Waals surface area contributed by atoms with Crippen LogP contribution in [0.25, 0.3) is 17.0 Å². The van der Waals surface area contributed by atoms with Gasteiger partial charge >= 0.3 is 0 Å². The molecule has 0 saturated carbocycles. The van der Waals surface area contributed by atoms with E-state index >= 15 is 0 Å². The molecule has 24 heavy (non-hydrogen) atoms. The molecule has 0 radical (unpaired) electrons. The lowest BCUT2D eigenvalue weighted by atomic mass is 10.2. The molecule has 0 unspecified atom stereocenters. The van der Waals surface area contributed by atoms with Crippen molar-refractivity contribution in [2.45, 2.75) is 13.1 Å². The molecule has 0 aliphatic carbocycles. The molecule has 0 spiro atoms. The first kappa shape index (κ1) is 14.5. The Labute approximate surface area is 138 Å². The summed E-state index contributed by atoms with van der Waals surface area (Å²) in [6.45, 7) is 1.45. The van der Waals surface area contributed by atoms with Crippen LogP contribution in [0.2, 0.25) is 0 Å². The number of aromatic nitrogens is 5. The second kappa shape index (κ2) is 6.21. The molecular weight excluding hydrogens is 304 g/mol. The second-order valence-electron chi connectivity index (χ2n) is 5.66. The van der Waals surface area contributed by atoms with Crippen LogP contribution in [0.1, 0.15) is 11.3 Å². The normalized spacial score (nSPS) is 11.4. The minimum absolute atomic E-state index is 0.664. The fourth-order valence-electron chi connectivity index (χ4n) is 2.61. The van der Waals surface area contributed by atoms with E-state index in [1.54, 1.807) is 17.0 Å². The van der Waals surface area contributed by atoms with E-state index in [2.05, 4.69) is 25.1 Å². The van der Waals surface area contributed by atoms with Crippen molar-refractivity contribution < 1.29 is 4.52 Å². The molecule has 0 amide bonds. The summed E-state index contributed by atoms with van der Waals surface area (Å²) in [4.78, 5) is 10.6. The van der Waals surface area contributed by atoms with Crippen LogP contribution in [0.3, 0.4) is 0 Å². The van der Waals surface area contributed by atoms with Crippen LogP contribution >= 0.6 is 0 Å². The maximum atomic E-state index is 5.43. The zero-order valence-electron chi connectivity index (χ0n) is 13.2. The first-order valence-electron chi connectivity index (χ1n) is 7.62. The minimum atomic E-state index is 0.664. The smallest absolute Gasteiger partial charge is 0.155 e. The number of nitrogens with zero attached hydrogens (tertiary/aromatic N) is 6. The molecule has 0 N–H and O–H groups in total. The summed E-state index contributed by atoms with van der Waals surface area (Å²) in [6, 6.07) is 11.7. The Hall–Kier alpha value is -3.06. The van der Waals surface area contributed by atoms with Crippen molar-refractivity contribution in [2.24, 2.45) is 0 Å². The zero-order chi connectivity index (χ0) is 16.4. The van der Waals surface area contributed by atoms with Crippen LogP contribution in [-0.2, 0) is 13.1 Å². The Bertz CT molecular complexity index is 946. The van der Waals surface area contributed by atoms with Crippen molar-refractivity contribution in [1.82, 2.24) is 29.6 Å². The number of rotatable bonds is 5. The van der Waals surface area contributed by atoms with Crippen molar-refractivity contribution in [3.05, 3.63) is 66.4 Å². The lowest BCUT2D eigenvalue weighted by molar-refractivity contribution is 0.267. The molecular formula is C17H16N6O. The summed E-state index contributed by atoms with van der Waals surface area (Å²) in [7, 11) is 2.04. The Balaban J connectivity index is 1.44. The van der Waals surface area contributed by atoms with Crippen LogP contribution in [0.5, 0.6) is 0 Å². The van der Waals surface area contributed by atoms with Crippen LogP contribution in [0.4, 0.5) is 0 Å². The van der Waals surface area contributed by atoms with Gasteiger partial charge in [-0.05, 0) is 36.9 Å². The number of hydrogen-bond acceptors (Lipinski definition) is 6. The first-order valence-corrected chi connectivity index (χ1v) is 7.62. The first-order chi connectivity index (χ1) is 11.8. The monoisotopic (exact) mass is 320 g/mol. The van der Waals surface area contributed by atoms with Crippen molar-refractivity contribution in [2.75, 3.05) is 7.05 Å². The SMILES string of the molecule is CN(Cc1ccn2ncnc2c1)Cc1cc(-c2ccccn2)no1. The number of pyridine rings is 2. The van der Waals surface area contributed by atoms with Crippen LogP contribution in [0.15, 0.2) is 59.6 Å². The summed E-state index contributed by atoms with van der Waals surface area (Å²) in [5, 5.41) is 8.20. The van der Waals surface area contributed by atoms with Gasteiger partial charge in [-0.25, -0.2) is 9.50 Å². The van der Waals surface area contributed by atoms with Gasteiger partial charge in [0.2, 0.25) is 0 Å². The summed E-state index contributed by atoms with van der Waals surface area (Å²) >= 11 is 0. The fourth-order valence-corrected chi connectivity index (χ4v) is 2.61. The van der Waals surface area contributed by atoms with E-state index in [-0.39, 0.29) is 0 Å². The van der Waals surface area contributed by atoms with Crippen molar-refractivity contribution in [1.29, 1.82) is 0 Å². The molecule has 0 aliphatic rings. The number of fused-ring (bicyclic) bond motifs is 1. The highest BCUT2D eigenvalue weighted by atomic mass is 16.5. The van der Waals surface area contributed by atoms with Gasteiger partial charge in [-0.3, -0.25) is 9.88 Å². The Morgan fingerprint density at radius 2 is 2.04 bits per heavy atom. The van der Waals surface area contributed by atoms with E-state index in [1.165, 1.54) is 5.56 Å². The Morgan fingerprint density at radius 3 is 2.92 bits per heavy atom. The average molecular weight is 320 g/mol. The predicted molar refractivity (Wildman–Crippen MR) is 87.9 cm³/mol. The fraction of sp³-hybridized carbons (Fsp3) is 0.176. The Kier molecular flexibility index (Phi) is 3.76. The molecule has 4 aromatic heterocycles. The molecule has 0 saturated heterocycles. The topological polar surface area (TPSA) is 72.3 Å². The average Bonchev–Trinajstić information content (AvgIpc) is 3.24. The zero-order valence-corrected chi connectivity index (χ0v) is 13.2. The van der Waals surface area contributed by atoms with Gasteiger partial charge in [0.15, 0.2) is 11.4 Å². The second-order valence-corrected chi connectivity index (χ2v) is 5.66. The van der Waals surface area contributed by atoms with E-state index in [0.717, 1.165) is 29.3 Å². The predicted octanol–water partition coefficient (Wildman–Crippen LogP) is 2.41. The summed E-state index contributed by atoms with van der Waals surface area (Å²) in [5.41, 5.74) is 3.58. The Morgan fingerprint density at radius 1 is 1.08 bits per heavy atom. The highest BCUT2D eigenvalue weighted by Crippen LogP contribution is 2.17. The van der Waals surface area contributed by atoms with E-state index in [0.29, 0.717) is 6.54 Å². The summed E-state index contributed by atoms with van der Waals surface area (Å²) in [6.07, 6.45) is 5.21. The maximum Gasteiger partial charge on any atom is 0.155 e.